The molecule has 2 aliphatic carbocycles. The smallest absolute Gasteiger partial charge is 0.316 e. The molecule has 32 heavy (non-hydrogen) atoms. The van der Waals surface area contributed by atoms with Crippen molar-refractivity contribution in [1.29, 1.82) is 0 Å². The third-order valence-electron chi connectivity index (χ3n) is 8.00. The van der Waals surface area contributed by atoms with Gasteiger partial charge in [0.2, 0.25) is 0 Å². The van der Waals surface area contributed by atoms with Crippen molar-refractivity contribution in [1.82, 2.24) is 0 Å². The van der Waals surface area contributed by atoms with Crippen LogP contribution in [0, 0.1) is 41.4 Å². The molecule has 1 saturated carbocycles. The van der Waals surface area contributed by atoms with E-state index in [-0.39, 0.29) is 47.1 Å². The van der Waals surface area contributed by atoms with E-state index in [4.69, 9.17) is 21.1 Å². The molecule has 6 heteroatoms. The van der Waals surface area contributed by atoms with Gasteiger partial charge < -0.3 is 9.47 Å². The minimum atomic E-state index is -1.37. The van der Waals surface area contributed by atoms with Gasteiger partial charge in [0.15, 0.2) is 16.9 Å². The summed E-state index contributed by atoms with van der Waals surface area (Å²) in [5.41, 5.74) is -0.121. The first-order valence-electron chi connectivity index (χ1n) is 11.7. The molecule has 0 aromatic heterocycles. The number of cyclic esters (lactones) is 1. The Morgan fingerprint density at radius 2 is 1.66 bits per heavy atom. The molecular formula is C26H33ClO5. The summed E-state index contributed by atoms with van der Waals surface area (Å²) in [4.78, 5) is 39.3. The third kappa shape index (κ3) is 4.03. The van der Waals surface area contributed by atoms with E-state index in [2.05, 4.69) is 39.0 Å². The minimum absolute atomic E-state index is 0.0497. The number of ether oxygens (including phenoxy) is 2. The van der Waals surface area contributed by atoms with Crippen LogP contribution in [0.15, 0.2) is 36.5 Å². The second-order valence-electron chi connectivity index (χ2n) is 10.3. The van der Waals surface area contributed by atoms with Crippen molar-refractivity contribution in [3.63, 3.8) is 0 Å². The number of carbonyl (C=O) groups is 3. The molecule has 1 saturated heterocycles. The molecule has 0 N–H and O–H groups in total. The van der Waals surface area contributed by atoms with E-state index in [9.17, 15) is 14.4 Å². The number of carbonyl (C=O) groups excluding carboxylic acids is 3. The number of hydrogen-bond acceptors (Lipinski definition) is 5. The largest absolute Gasteiger partial charge is 0.458 e. The maximum Gasteiger partial charge on any atom is 0.316 e. The predicted octanol–water partition coefficient (Wildman–Crippen LogP) is 4.29. The van der Waals surface area contributed by atoms with Gasteiger partial charge in [-0.05, 0) is 62.9 Å². The number of halogens is 1. The van der Waals surface area contributed by atoms with Crippen LogP contribution < -0.4 is 0 Å². The Morgan fingerprint density at radius 1 is 0.969 bits per heavy atom. The van der Waals surface area contributed by atoms with E-state index in [1.165, 1.54) is 6.92 Å². The summed E-state index contributed by atoms with van der Waals surface area (Å²) in [6, 6.07) is 0. The van der Waals surface area contributed by atoms with Crippen molar-refractivity contribution < 1.29 is 23.9 Å². The van der Waals surface area contributed by atoms with Gasteiger partial charge in [-0.2, -0.15) is 0 Å². The number of ketones is 2. The molecule has 5 nitrogen and oxygen atoms in total. The van der Waals surface area contributed by atoms with Gasteiger partial charge in [0.25, 0.3) is 0 Å². The molecule has 0 spiro atoms. The third-order valence-corrected chi connectivity index (χ3v) is 8.43. The predicted molar refractivity (Wildman–Crippen MR) is 122 cm³/mol. The van der Waals surface area contributed by atoms with Crippen LogP contribution in [0.5, 0.6) is 0 Å². The normalized spacial score (nSPS) is 50.9. The molecule has 11 atom stereocenters. The monoisotopic (exact) mass is 460 g/mol. The lowest BCUT2D eigenvalue weighted by Gasteiger charge is -2.46. The van der Waals surface area contributed by atoms with Crippen molar-refractivity contribution >= 4 is 29.1 Å². The number of rotatable bonds is 0. The Hall–Kier alpha value is -1.72. The van der Waals surface area contributed by atoms with Crippen LogP contribution in [0.4, 0.5) is 0 Å². The van der Waals surface area contributed by atoms with Gasteiger partial charge in [0, 0.05) is 5.92 Å². The van der Waals surface area contributed by atoms with Crippen molar-refractivity contribution in [2.45, 2.75) is 64.2 Å². The lowest BCUT2D eigenvalue weighted by Crippen LogP contribution is -2.50. The molecule has 0 aromatic carbocycles. The first kappa shape index (κ1) is 23.4. The maximum atomic E-state index is 13.8. The van der Waals surface area contributed by atoms with Crippen LogP contribution in [0.1, 0.15) is 41.0 Å². The van der Waals surface area contributed by atoms with Crippen LogP contribution in [0.2, 0.25) is 0 Å². The average molecular weight is 461 g/mol. The Bertz CT molecular complexity index is 891. The zero-order valence-electron chi connectivity index (χ0n) is 19.4. The van der Waals surface area contributed by atoms with E-state index >= 15 is 0 Å². The fraction of sp³-hybridized carbons (Fsp3) is 0.654. The summed E-state index contributed by atoms with van der Waals surface area (Å²) in [5, 5.41) is -1.37. The van der Waals surface area contributed by atoms with Gasteiger partial charge in [-0.25, -0.2) is 0 Å². The summed E-state index contributed by atoms with van der Waals surface area (Å²) in [6.45, 7) is 9.58. The summed E-state index contributed by atoms with van der Waals surface area (Å²) in [6.07, 6.45) is 12.5. The number of hydrogen-bond donors (Lipinski definition) is 0. The minimum Gasteiger partial charge on any atom is -0.458 e. The summed E-state index contributed by atoms with van der Waals surface area (Å²) < 4.78 is 11.4. The Kier molecular flexibility index (Phi) is 6.28. The van der Waals surface area contributed by atoms with Crippen LogP contribution in [0.3, 0.4) is 0 Å². The van der Waals surface area contributed by atoms with E-state index in [1.54, 1.807) is 13.0 Å². The van der Waals surface area contributed by atoms with Crippen molar-refractivity contribution in [3.8, 4) is 0 Å². The highest BCUT2D eigenvalue weighted by Crippen LogP contribution is 2.59. The number of allylic oxidation sites excluding steroid dienone is 5. The van der Waals surface area contributed by atoms with Gasteiger partial charge in [0.1, 0.15) is 12.0 Å². The lowest BCUT2D eigenvalue weighted by molar-refractivity contribution is -0.153. The van der Waals surface area contributed by atoms with E-state index < -0.39 is 35.1 Å². The molecule has 3 unspecified atom stereocenters. The van der Waals surface area contributed by atoms with Crippen molar-refractivity contribution in [2.75, 3.05) is 0 Å². The Labute approximate surface area is 195 Å². The zero-order valence-corrected chi connectivity index (χ0v) is 20.1. The number of Topliss-reactive ketones (excluding diaryl/α,β-unsaturated/α-hetero) is 2. The molecule has 0 radical (unpaired) electrons. The van der Waals surface area contributed by atoms with E-state index in [0.717, 1.165) is 6.42 Å². The van der Waals surface area contributed by atoms with Crippen molar-refractivity contribution in [3.05, 3.63) is 36.5 Å². The number of fused-ring (bicyclic) bond motifs is 4. The molecule has 0 amide bonds. The number of esters is 1. The van der Waals surface area contributed by atoms with Gasteiger partial charge in [-0.15, -0.1) is 11.6 Å². The van der Waals surface area contributed by atoms with Crippen LogP contribution in [0.25, 0.3) is 0 Å². The summed E-state index contributed by atoms with van der Waals surface area (Å²) in [7, 11) is 0. The molecule has 4 rings (SSSR count). The number of epoxide rings is 1. The Morgan fingerprint density at radius 3 is 2.38 bits per heavy atom. The standard InChI is InChI=1S/C26H33ClO5/c1-13-8-6-7-9-14(2)31-25(30)16(4)22(28)21(27)23(29)20-18(13)11-10-17-12-26(5)24(32-26)15(3)19(17)20/h6-11,13-21,24H,12H2,1-5H3/b8-6-,9-7+/t13-,14+,15+,16+,17-,18+,19?,20?,21?,24+,26-/m1/s1. The van der Waals surface area contributed by atoms with Gasteiger partial charge in [-0.1, -0.05) is 44.2 Å². The molecule has 4 aliphatic rings. The fourth-order valence-electron chi connectivity index (χ4n) is 6.16. The zero-order chi connectivity index (χ0) is 23.4. The maximum absolute atomic E-state index is 13.8. The average Bonchev–Trinajstić information content (AvgIpc) is 3.44. The molecule has 2 aliphatic heterocycles. The first-order valence-corrected chi connectivity index (χ1v) is 12.1. The Balaban J connectivity index is 1.74. The molecule has 2 fully saturated rings. The molecule has 0 bridgehead atoms. The van der Waals surface area contributed by atoms with Crippen LogP contribution in [-0.4, -0.2) is 40.7 Å². The highest BCUT2D eigenvalue weighted by Gasteiger charge is 2.64. The lowest BCUT2D eigenvalue weighted by atomic mass is 9.56. The molecule has 2 heterocycles. The molecular weight excluding hydrogens is 428 g/mol. The SMILES string of the molecule is C[C@@H]1C(=O)O[C@@H](C)/C=C/C=C\[C@@H](C)[C@@H]2C=C[C@@H]3C[C@@]4(C)O[C@H]4[C@@H](C)C3C2C(=O)C(Cl)C1=O. The van der Waals surface area contributed by atoms with Crippen LogP contribution >= 0.6 is 11.6 Å². The molecule has 0 aromatic rings. The van der Waals surface area contributed by atoms with Gasteiger partial charge >= 0.3 is 5.97 Å². The second-order valence-corrected chi connectivity index (χ2v) is 10.7. The quantitative estimate of drug-likeness (QED) is 0.177. The van der Waals surface area contributed by atoms with Gasteiger partial charge in [0.05, 0.1) is 11.7 Å². The van der Waals surface area contributed by atoms with Crippen LogP contribution in [-0.2, 0) is 23.9 Å². The van der Waals surface area contributed by atoms with Crippen molar-refractivity contribution in [2.24, 2.45) is 41.4 Å². The highest BCUT2D eigenvalue weighted by molar-refractivity contribution is 6.43. The number of alkyl halides is 1. The van der Waals surface area contributed by atoms with E-state index in [0.29, 0.717) is 0 Å². The summed E-state index contributed by atoms with van der Waals surface area (Å²) in [5.74, 6) is -2.60. The fourth-order valence-corrected chi connectivity index (χ4v) is 6.49. The first-order chi connectivity index (χ1) is 15.0. The summed E-state index contributed by atoms with van der Waals surface area (Å²) >= 11 is 6.51. The highest BCUT2D eigenvalue weighted by atomic mass is 35.5. The molecule has 174 valence electrons. The topological polar surface area (TPSA) is 73.0 Å². The second kappa shape index (κ2) is 8.57. The van der Waals surface area contributed by atoms with E-state index in [1.807, 2.05) is 12.2 Å². The van der Waals surface area contributed by atoms with Gasteiger partial charge in [-0.3, -0.25) is 14.4 Å².